The summed E-state index contributed by atoms with van der Waals surface area (Å²) in [6, 6.07) is 1.67. The van der Waals surface area contributed by atoms with Crippen LogP contribution in [0.1, 0.15) is 0 Å². The Labute approximate surface area is 91.7 Å². The molecule has 2 rings (SSSR count). The number of hydrogen-bond acceptors (Lipinski definition) is 4. The Morgan fingerprint density at radius 3 is 2.88 bits per heavy atom. The molecule has 0 bridgehead atoms. The number of hydrogen-bond donors (Lipinski definition) is 1. The smallest absolute Gasteiger partial charge is 0.248 e. The third-order valence-electron chi connectivity index (χ3n) is 1.84. The molecule has 6 heteroatoms. The molecule has 1 amide bonds. The standard InChI is InChI=1S/C10H9N5O/c1-2-10(16)13-9-3-4-15(14-9)8-5-11-7-12-6-8/h2-7H,1H2,(H,13,14,16). The molecule has 0 unspecified atom stereocenters. The number of anilines is 1. The van der Waals surface area contributed by atoms with E-state index in [1.165, 1.54) is 12.4 Å². The maximum atomic E-state index is 11.0. The van der Waals surface area contributed by atoms with E-state index in [4.69, 9.17) is 0 Å². The van der Waals surface area contributed by atoms with Crippen molar-refractivity contribution >= 4 is 11.7 Å². The van der Waals surface area contributed by atoms with E-state index in [9.17, 15) is 4.79 Å². The van der Waals surface area contributed by atoms with Crippen molar-refractivity contribution in [2.45, 2.75) is 0 Å². The van der Waals surface area contributed by atoms with Crippen LogP contribution < -0.4 is 5.32 Å². The second kappa shape index (κ2) is 4.35. The highest BCUT2D eigenvalue weighted by Crippen LogP contribution is 2.07. The molecule has 0 aliphatic rings. The summed E-state index contributed by atoms with van der Waals surface area (Å²) in [7, 11) is 0. The highest BCUT2D eigenvalue weighted by atomic mass is 16.1. The van der Waals surface area contributed by atoms with Gasteiger partial charge in [-0.1, -0.05) is 6.58 Å². The molecule has 0 spiro atoms. The van der Waals surface area contributed by atoms with Crippen molar-refractivity contribution in [1.82, 2.24) is 19.7 Å². The third-order valence-corrected chi connectivity index (χ3v) is 1.84. The largest absolute Gasteiger partial charge is 0.306 e. The average Bonchev–Trinajstić information content (AvgIpc) is 2.78. The normalized spacial score (nSPS) is 9.75. The van der Waals surface area contributed by atoms with Crippen LogP contribution in [0.15, 0.2) is 43.6 Å². The number of nitrogens with one attached hydrogen (secondary N) is 1. The zero-order chi connectivity index (χ0) is 11.4. The van der Waals surface area contributed by atoms with Gasteiger partial charge in [-0.25, -0.2) is 14.6 Å². The second-order valence-electron chi connectivity index (χ2n) is 2.94. The van der Waals surface area contributed by atoms with Crippen LogP contribution in [0.2, 0.25) is 0 Å². The van der Waals surface area contributed by atoms with Gasteiger partial charge in [-0.05, 0) is 6.08 Å². The molecular weight excluding hydrogens is 206 g/mol. The highest BCUT2D eigenvalue weighted by Gasteiger charge is 2.02. The van der Waals surface area contributed by atoms with Gasteiger partial charge in [0.15, 0.2) is 5.82 Å². The number of amides is 1. The van der Waals surface area contributed by atoms with Gasteiger partial charge >= 0.3 is 0 Å². The lowest BCUT2D eigenvalue weighted by Gasteiger charge is -1.98. The summed E-state index contributed by atoms with van der Waals surface area (Å²) in [6.45, 7) is 3.36. The second-order valence-corrected chi connectivity index (χ2v) is 2.94. The van der Waals surface area contributed by atoms with E-state index in [-0.39, 0.29) is 5.91 Å². The fraction of sp³-hybridized carbons (Fsp3) is 0. The molecule has 6 nitrogen and oxygen atoms in total. The summed E-state index contributed by atoms with van der Waals surface area (Å²) in [5.41, 5.74) is 0.724. The summed E-state index contributed by atoms with van der Waals surface area (Å²) in [4.78, 5) is 18.8. The van der Waals surface area contributed by atoms with Gasteiger partial charge in [0.2, 0.25) is 5.91 Å². The molecule has 16 heavy (non-hydrogen) atoms. The van der Waals surface area contributed by atoms with E-state index in [2.05, 4.69) is 27.0 Å². The molecule has 0 atom stereocenters. The lowest BCUT2D eigenvalue weighted by atomic mass is 10.5. The average molecular weight is 215 g/mol. The molecule has 0 aromatic carbocycles. The fourth-order valence-corrected chi connectivity index (χ4v) is 1.12. The first-order valence-electron chi connectivity index (χ1n) is 4.54. The van der Waals surface area contributed by atoms with E-state index in [0.717, 1.165) is 5.69 Å². The first-order chi connectivity index (χ1) is 7.79. The van der Waals surface area contributed by atoms with Crippen molar-refractivity contribution in [2.75, 3.05) is 5.32 Å². The fourth-order valence-electron chi connectivity index (χ4n) is 1.12. The maximum Gasteiger partial charge on any atom is 0.248 e. The minimum atomic E-state index is -0.297. The van der Waals surface area contributed by atoms with Gasteiger partial charge in [0.25, 0.3) is 0 Å². The van der Waals surface area contributed by atoms with Gasteiger partial charge in [0.1, 0.15) is 12.0 Å². The molecule has 0 fully saturated rings. The molecule has 2 heterocycles. The predicted octanol–water partition coefficient (Wildman–Crippen LogP) is 0.787. The van der Waals surface area contributed by atoms with Crippen LogP contribution in [-0.4, -0.2) is 25.7 Å². The van der Waals surface area contributed by atoms with Crippen molar-refractivity contribution in [2.24, 2.45) is 0 Å². The van der Waals surface area contributed by atoms with E-state index in [0.29, 0.717) is 5.82 Å². The van der Waals surface area contributed by atoms with Crippen molar-refractivity contribution in [3.63, 3.8) is 0 Å². The Bertz CT molecular complexity index is 505. The number of aromatic nitrogens is 4. The van der Waals surface area contributed by atoms with E-state index in [1.807, 2.05) is 0 Å². The Hall–Kier alpha value is -2.50. The molecule has 2 aromatic rings. The molecule has 0 aliphatic heterocycles. The lowest BCUT2D eigenvalue weighted by molar-refractivity contribution is -0.111. The summed E-state index contributed by atoms with van der Waals surface area (Å²) in [6.07, 6.45) is 7.58. The van der Waals surface area contributed by atoms with Crippen LogP contribution in [0, 0.1) is 0 Å². The zero-order valence-corrected chi connectivity index (χ0v) is 8.37. The molecule has 0 saturated heterocycles. The minimum Gasteiger partial charge on any atom is -0.306 e. The van der Waals surface area contributed by atoms with Crippen LogP contribution in [0.3, 0.4) is 0 Å². The third kappa shape index (κ3) is 2.11. The summed E-state index contributed by atoms with van der Waals surface area (Å²) in [5, 5.41) is 6.68. The molecule has 1 N–H and O–H groups in total. The Balaban J connectivity index is 2.20. The predicted molar refractivity (Wildman–Crippen MR) is 58.0 cm³/mol. The van der Waals surface area contributed by atoms with E-state index >= 15 is 0 Å². The van der Waals surface area contributed by atoms with Gasteiger partial charge in [0, 0.05) is 12.3 Å². The minimum absolute atomic E-state index is 0.297. The molecule has 0 aliphatic carbocycles. The number of carbonyl (C=O) groups excluding carboxylic acids is 1. The summed E-state index contributed by atoms with van der Waals surface area (Å²) >= 11 is 0. The van der Waals surface area contributed by atoms with E-state index < -0.39 is 0 Å². The zero-order valence-electron chi connectivity index (χ0n) is 8.37. The number of rotatable bonds is 3. The lowest BCUT2D eigenvalue weighted by Crippen LogP contribution is -2.08. The summed E-state index contributed by atoms with van der Waals surface area (Å²) in [5.74, 6) is 0.156. The van der Waals surface area contributed by atoms with Crippen molar-refractivity contribution in [3.8, 4) is 5.69 Å². The topological polar surface area (TPSA) is 72.7 Å². The first kappa shape index (κ1) is 10.0. The van der Waals surface area contributed by atoms with Gasteiger partial charge in [-0.3, -0.25) is 4.79 Å². The van der Waals surface area contributed by atoms with Gasteiger partial charge in [0.05, 0.1) is 12.4 Å². The van der Waals surface area contributed by atoms with Crippen LogP contribution in [0.5, 0.6) is 0 Å². The molecule has 0 radical (unpaired) electrons. The summed E-state index contributed by atoms with van der Waals surface area (Å²) < 4.78 is 1.57. The van der Waals surface area contributed by atoms with Crippen molar-refractivity contribution in [1.29, 1.82) is 0 Å². The molecule has 80 valence electrons. The highest BCUT2D eigenvalue weighted by molar-refractivity contribution is 5.98. The Kier molecular flexibility index (Phi) is 2.73. The molecule has 2 aromatic heterocycles. The van der Waals surface area contributed by atoms with Crippen LogP contribution in [-0.2, 0) is 4.79 Å². The van der Waals surface area contributed by atoms with Crippen molar-refractivity contribution in [3.05, 3.63) is 43.6 Å². The monoisotopic (exact) mass is 215 g/mol. The quantitative estimate of drug-likeness (QED) is 0.768. The van der Waals surface area contributed by atoms with Crippen LogP contribution in [0.25, 0.3) is 5.69 Å². The number of nitrogens with zero attached hydrogens (tertiary/aromatic N) is 4. The van der Waals surface area contributed by atoms with Gasteiger partial charge in [-0.15, -0.1) is 5.10 Å². The SMILES string of the molecule is C=CC(=O)Nc1ccn(-c2cncnc2)n1. The van der Waals surface area contributed by atoms with Gasteiger partial charge < -0.3 is 5.32 Å². The van der Waals surface area contributed by atoms with Crippen molar-refractivity contribution < 1.29 is 4.79 Å². The molecular formula is C10H9N5O. The van der Waals surface area contributed by atoms with Crippen LogP contribution >= 0.6 is 0 Å². The Morgan fingerprint density at radius 1 is 1.44 bits per heavy atom. The van der Waals surface area contributed by atoms with Crippen LogP contribution in [0.4, 0.5) is 5.82 Å². The molecule has 0 saturated carbocycles. The first-order valence-corrected chi connectivity index (χ1v) is 4.54. The Morgan fingerprint density at radius 2 is 2.19 bits per heavy atom. The van der Waals surface area contributed by atoms with Gasteiger partial charge in [-0.2, -0.15) is 0 Å². The van der Waals surface area contributed by atoms with E-state index in [1.54, 1.807) is 29.3 Å². The number of carbonyl (C=O) groups is 1. The maximum absolute atomic E-state index is 11.0.